The van der Waals surface area contributed by atoms with Gasteiger partial charge in [-0.25, -0.2) is 22.8 Å². The molecular weight excluding hydrogens is 333 g/mol. The first-order valence-corrected chi connectivity index (χ1v) is 8.35. The number of ether oxygens (including phenoxy) is 1. The van der Waals surface area contributed by atoms with E-state index in [9.17, 15) is 12.8 Å². The van der Waals surface area contributed by atoms with E-state index < -0.39 is 20.7 Å². The zero-order chi connectivity index (χ0) is 17.0. The quantitative estimate of drug-likeness (QED) is 0.768. The number of nitrogens with zero attached hydrogens (tertiary/aromatic N) is 2. The van der Waals surface area contributed by atoms with E-state index >= 15 is 0 Å². The van der Waals surface area contributed by atoms with E-state index in [1.807, 2.05) is 0 Å². The first-order chi connectivity index (χ1) is 11.5. The van der Waals surface area contributed by atoms with E-state index in [1.54, 1.807) is 18.2 Å². The summed E-state index contributed by atoms with van der Waals surface area (Å²) in [5.41, 5.74) is 0.228. The number of halogens is 1. The summed E-state index contributed by atoms with van der Waals surface area (Å²) in [6.45, 7) is 0. The van der Waals surface area contributed by atoms with Crippen LogP contribution >= 0.6 is 0 Å². The van der Waals surface area contributed by atoms with Crippen LogP contribution in [0.25, 0.3) is 0 Å². The maximum atomic E-state index is 13.7. The van der Waals surface area contributed by atoms with Crippen molar-refractivity contribution in [2.24, 2.45) is 0 Å². The Morgan fingerprint density at radius 1 is 0.958 bits per heavy atom. The van der Waals surface area contributed by atoms with Crippen molar-refractivity contribution in [2.45, 2.75) is 4.90 Å². The Labute approximate surface area is 138 Å². The van der Waals surface area contributed by atoms with Gasteiger partial charge >= 0.3 is 6.01 Å². The summed E-state index contributed by atoms with van der Waals surface area (Å²) in [6, 6.07) is 13.1. The van der Waals surface area contributed by atoms with Crippen molar-refractivity contribution in [1.29, 1.82) is 0 Å². The molecule has 0 aliphatic carbocycles. The summed E-state index contributed by atoms with van der Waals surface area (Å²) in [6.07, 6.45) is 3.04. The normalized spacial score (nSPS) is 11.0. The minimum absolute atomic E-state index is 0.131. The highest BCUT2D eigenvalue weighted by atomic mass is 32.2. The Bertz CT molecular complexity index is 950. The van der Waals surface area contributed by atoms with Crippen LogP contribution in [0, 0.1) is 5.82 Å². The van der Waals surface area contributed by atoms with Crippen LogP contribution in [0.3, 0.4) is 0 Å². The van der Waals surface area contributed by atoms with Crippen LogP contribution in [0.5, 0.6) is 11.8 Å². The zero-order valence-corrected chi connectivity index (χ0v) is 13.1. The molecule has 0 radical (unpaired) electrons. The van der Waals surface area contributed by atoms with Gasteiger partial charge in [-0.2, -0.15) is 0 Å². The molecule has 0 unspecified atom stereocenters. The van der Waals surface area contributed by atoms with Crippen LogP contribution in [0.15, 0.2) is 71.9 Å². The van der Waals surface area contributed by atoms with Crippen molar-refractivity contribution in [3.8, 4) is 11.8 Å². The summed E-state index contributed by atoms with van der Waals surface area (Å²) in [5, 5.41) is 0. The summed E-state index contributed by atoms with van der Waals surface area (Å²) in [7, 11) is -4.05. The molecule has 0 atom stereocenters. The summed E-state index contributed by atoms with van der Waals surface area (Å²) < 4.78 is 46.0. The predicted molar refractivity (Wildman–Crippen MR) is 85.8 cm³/mol. The third-order valence-electron chi connectivity index (χ3n) is 2.96. The molecule has 1 aromatic heterocycles. The first-order valence-electron chi connectivity index (χ1n) is 6.87. The van der Waals surface area contributed by atoms with Crippen LogP contribution in [0.2, 0.25) is 0 Å². The number of hydrogen-bond acceptors (Lipinski definition) is 5. The fraction of sp³-hybridized carbons (Fsp3) is 0. The molecule has 0 saturated carbocycles. The molecule has 0 saturated heterocycles. The van der Waals surface area contributed by atoms with Crippen LogP contribution in [0.1, 0.15) is 0 Å². The molecule has 0 fully saturated rings. The molecule has 2 aromatic carbocycles. The van der Waals surface area contributed by atoms with E-state index in [1.165, 1.54) is 42.7 Å². The van der Waals surface area contributed by atoms with E-state index in [4.69, 9.17) is 4.74 Å². The highest BCUT2D eigenvalue weighted by molar-refractivity contribution is 7.92. The van der Waals surface area contributed by atoms with Gasteiger partial charge in [0.05, 0.1) is 5.69 Å². The second-order valence-electron chi connectivity index (χ2n) is 4.70. The lowest BCUT2D eigenvalue weighted by molar-refractivity contribution is 0.442. The molecule has 0 aliphatic heterocycles. The van der Waals surface area contributed by atoms with Gasteiger partial charge in [0.15, 0.2) is 0 Å². The predicted octanol–water partition coefficient (Wildman–Crippen LogP) is 3.21. The lowest BCUT2D eigenvalue weighted by Crippen LogP contribution is -2.14. The van der Waals surface area contributed by atoms with Crippen LogP contribution in [-0.2, 0) is 10.0 Å². The van der Waals surface area contributed by atoms with Crippen molar-refractivity contribution in [3.63, 3.8) is 0 Å². The lowest BCUT2D eigenvalue weighted by atomic mass is 10.3. The molecule has 0 spiro atoms. The van der Waals surface area contributed by atoms with Crippen LogP contribution in [0.4, 0.5) is 10.1 Å². The fourth-order valence-corrected chi connectivity index (χ4v) is 3.07. The van der Waals surface area contributed by atoms with E-state index in [-0.39, 0.29) is 11.7 Å². The van der Waals surface area contributed by atoms with Gasteiger partial charge in [0, 0.05) is 18.5 Å². The molecule has 0 aliphatic rings. The summed E-state index contributed by atoms with van der Waals surface area (Å²) >= 11 is 0. The molecule has 1 heterocycles. The maximum absolute atomic E-state index is 13.7. The Morgan fingerprint density at radius 2 is 1.71 bits per heavy atom. The molecule has 3 rings (SSSR count). The smallest absolute Gasteiger partial charge is 0.321 e. The van der Waals surface area contributed by atoms with Gasteiger partial charge in [-0.05, 0) is 30.3 Å². The molecule has 0 amide bonds. The zero-order valence-electron chi connectivity index (χ0n) is 12.3. The van der Waals surface area contributed by atoms with Gasteiger partial charge in [-0.3, -0.25) is 4.72 Å². The Kier molecular flexibility index (Phi) is 4.39. The highest BCUT2D eigenvalue weighted by Crippen LogP contribution is 2.24. The average molecular weight is 345 g/mol. The number of hydrogen-bond donors (Lipinski definition) is 1. The molecule has 6 nitrogen and oxygen atoms in total. The minimum Gasteiger partial charge on any atom is -0.424 e. The van der Waals surface area contributed by atoms with Gasteiger partial charge < -0.3 is 4.74 Å². The largest absolute Gasteiger partial charge is 0.424 e. The van der Waals surface area contributed by atoms with Gasteiger partial charge in [-0.15, -0.1) is 0 Å². The van der Waals surface area contributed by atoms with Crippen LogP contribution in [-0.4, -0.2) is 18.4 Å². The topological polar surface area (TPSA) is 81.2 Å². The highest BCUT2D eigenvalue weighted by Gasteiger charge is 2.18. The van der Waals surface area contributed by atoms with E-state index in [2.05, 4.69) is 14.7 Å². The second kappa shape index (κ2) is 6.63. The molecule has 3 aromatic rings. The van der Waals surface area contributed by atoms with Gasteiger partial charge in [0.2, 0.25) is 0 Å². The van der Waals surface area contributed by atoms with Crippen molar-refractivity contribution in [2.75, 3.05) is 4.72 Å². The van der Waals surface area contributed by atoms with E-state index in [0.717, 1.165) is 6.07 Å². The standard InChI is InChI=1S/C16H12FN3O3S/c17-14-7-1-2-8-15(14)24(21,22)20-12-5-3-6-13(11-12)23-16-18-9-4-10-19-16/h1-11,20H. The number of anilines is 1. The van der Waals surface area contributed by atoms with Crippen molar-refractivity contribution in [1.82, 2.24) is 9.97 Å². The van der Waals surface area contributed by atoms with Crippen molar-refractivity contribution < 1.29 is 17.5 Å². The lowest BCUT2D eigenvalue weighted by Gasteiger charge is -2.10. The second-order valence-corrected chi connectivity index (χ2v) is 6.35. The molecule has 0 bridgehead atoms. The number of nitrogens with one attached hydrogen (secondary N) is 1. The van der Waals surface area contributed by atoms with Crippen molar-refractivity contribution in [3.05, 3.63) is 72.8 Å². The van der Waals surface area contributed by atoms with Gasteiger partial charge in [0.1, 0.15) is 16.5 Å². The number of benzene rings is 2. The van der Waals surface area contributed by atoms with Gasteiger partial charge in [0.25, 0.3) is 10.0 Å². The third kappa shape index (κ3) is 3.66. The maximum Gasteiger partial charge on any atom is 0.321 e. The average Bonchev–Trinajstić information content (AvgIpc) is 2.56. The number of sulfonamides is 1. The SMILES string of the molecule is O=S(=O)(Nc1cccc(Oc2ncccn2)c1)c1ccccc1F. The first kappa shape index (κ1) is 15.9. The Morgan fingerprint density at radius 3 is 2.46 bits per heavy atom. The molecular formula is C16H12FN3O3S. The minimum atomic E-state index is -4.05. The van der Waals surface area contributed by atoms with Gasteiger partial charge in [-0.1, -0.05) is 18.2 Å². The molecule has 8 heteroatoms. The third-order valence-corrected chi connectivity index (χ3v) is 4.38. The Balaban J connectivity index is 1.83. The molecule has 122 valence electrons. The monoisotopic (exact) mass is 345 g/mol. The molecule has 24 heavy (non-hydrogen) atoms. The number of aromatic nitrogens is 2. The van der Waals surface area contributed by atoms with Crippen molar-refractivity contribution >= 4 is 15.7 Å². The number of rotatable bonds is 5. The van der Waals surface area contributed by atoms with E-state index in [0.29, 0.717) is 5.75 Å². The van der Waals surface area contributed by atoms with Crippen LogP contribution < -0.4 is 9.46 Å². The molecule has 1 N–H and O–H groups in total. The summed E-state index contributed by atoms with van der Waals surface area (Å²) in [5.74, 6) is -0.481. The fourth-order valence-electron chi connectivity index (χ4n) is 1.94. The summed E-state index contributed by atoms with van der Waals surface area (Å²) in [4.78, 5) is 7.40. The Hall–Kier alpha value is -3.00.